The van der Waals surface area contributed by atoms with Crippen LogP contribution >= 0.6 is 0 Å². The molecule has 0 fully saturated rings. The van der Waals surface area contributed by atoms with Crippen molar-refractivity contribution in [2.24, 2.45) is 11.7 Å². The Morgan fingerprint density at radius 3 is 2.21 bits per heavy atom. The quantitative estimate of drug-likeness (QED) is 0.765. The summed E-state index contributed by atoms with van der Waals surface area (Å²) in [4.78, 5) is 0. The van der Waals surface area contributed by atoms with Gasteiger partial charge in [0.1, 0.15) is 0 Å². The van der Waals surface area contributed by atoms with E-state index in [1.807, 2.05) is 44.2 Å². The Morgan fingerprint density at radius 2 is 1.79 bits per heavy atom. The molecule has 0 aliphatic heterocycles. The van der Waals surface area contributed by atoms with E-state index in [2.05, 4.69) is 0 Å². The minimum atomic E-state index is -0.359. The summed E-state index contributed by atoms with van der Waals surface area (Å²) in [5.41, 5.74) is 6.80. The van der Waals surface area contributed by atoms with Crippen LogP contribution < -0.4 is 5.73 Å². The summed E-state index contributed by atoms with van der Waals surface area (Å²) >= 11 is 0. The van der Waals surface area contributed by atoms with Gasteiger partial charge in [0.15, 0.2) is 0 Å². The first-order chi connectivity index (χ1) is 6.66. The van der Waals surface area contributed by atoms with Gasteiger partial charge >= 0.3 is 0 Å². The summed E-state index contributed by atoms with van der Waals surface area (Å²) in [5, 5.41) is 9.96. The molecule has 0 spiro atoms. The van der Waals surface area contributed by atoms with E-state index in [4.69, 9.17) is 5.73 Å². The first-order valence-corrected chi connectivity index (χ1v) is 5.10. The molecule has 3 N–H and O–H groups in total. The van der Waals surface area contributed by atoms with Crippen LogP contribution in [0, 0.1) is 5.92 Å². The molecule has 0 aromatic heterocycles. The van der Waals surface area contributed by atoms with Gasteiger partial charge in [-0.1, -0.05) is 44.2 Å². The summed E-state index contributed by atoms with van der Waals surface area (Å²) in [6.07, 6.45) is -0.359. The predicted octanol–water partition coefficient (Wildman–Crippen LogP) is 1.75. The Hall–Kier alpha value is -0.860. The summed E-state index contributed by atoms with van der Waals surface area (Å²) < 4.78 is 0. The molecule has 78 valence electrons. The molecule has 14 heavy (non-hydrogen) atoms. The van der Waals surface area contributed by atoms with E-state index in [-0.39, 0.29) is 17.9 Å². The molecule has 1 aromatic rings. The van der Waals surface area contributed by atoms with E-state index in [9.17, 15) is 5.11 Å². The van der Waals surface area contributed by atoms with Crippen LogP contribution in [0.1, 0.15) is 25.3 Å². The van der Waals surface area contributed by atoms with Crippen LogP contribution in [-0.4, -0.2) is 17.8 Å². The van der Waals surface area contributed by atoms with Crippen molar-refractivity contribution in [3.05, 3.63) is 35.9 Å². The number of benzene rings is 1. The van der Waals surface area contributed by atoms with Crippen molar-refractivity contribution in [1.29, 1.82) is 0 Å². The molecule has 0 saturated heterocycles. The zero-order valence-corrected chi connectivity index (χ0v) is 8.85. The smallest absolute Gasteiger partial charge is 0.0643 e. The molecule has 2 atom stereocenters. The fourth-order valence-electron chi connectivity index (χ4n) is 1.64. The van der Waals surface area contributed by atoms with Gasteiger partial charge in [0.2, 0.25) is 0 Å². The second-order valence-electron chi connectivity index (χ2n) is 3.99. The average Bonchev–Trinajstić information content (AvgIpc) is 2.20. The Bertz CT molecular complexity index is 258. The van der Waals surface area contributed by atoms with Crippen molar-refractivity contribution in [2.75, 3.05) is 6.54 Å². The first kappa shape index (κ1) is 11.2. The van der Waals surface area contributed by atoms with E-state index in [1.54, 1.807) is 0 Å². The topological polar surface area (TPSA) is 46.2 Å². The van der Waals surface area contributed by atoms with Gasteiger partial charge in [0.05, 0.1) is 6.10 Å². The monoisotopic (exact) mass is 193 g/mol. The van der Waals surface area contributed by atoms with Gasteiger partial charge < -0.3 is 10.8 Å². The third-order valence-corrected chi connectivity index (χ3v) is 2.58. The number of rotatable bonds is 4. The lowest BCUT2D eigenvalue weighted by molar-refractivity contribution is 0.0985. The second kappa shape index (κ2) is 5.13. The summed E-state index contributed by atoms with van der Waals surface area (Å²) in [6.45, 7) is 4.51. The van der Waals surface area contributed by atoms with Crippen LogP contribution in [0.3, 0.4) is 0 Å². The zero-order valence-electron chi connectivity index (χ0n) is 8.85. The Labute approximate surface area is 85.8 Å². The molecule has 0 amide bonds. The maximum absolute atomic E-state index is 9.96. The van der Waals surface area contributed by atoms with Gasteiger partial charge in [0.25, 0.3) is 0 Å². The highest BCUT2D eigenvalue weighted by Gasteiger charge is 2.21. The lowest BCUT2D eigenvalue weighted by Crippen LogP contribution is -2.29. The fourth-order valence-corrected chi connectivity index (χ4v) is 1.64. The SMILES string of the molecule is CC(C)C(O)C(CN)c1ccccc1. The summed E-state index contributed by atoms with van der Waals surface area (Å²) in [5.74, 6) is 0.292. The third kappa shape index (κ3) is 2.56. The molecule has 2 heteroatoms. The van der Waals surface area contributed by atoms with Gasteiger partial charge in [-0.2, -0.15) is 0 Å². The van der Waals surface area contributed by atoms with Gasteiger partial charge in [0, 0.05) is 12.5 Å². The van der Waals surface area contributed by atoms with Crippen molar-refractivity contribution < 1.29 is 5.11 Å². The minimum absolute atomic E-state index is 0.0520. The highest BCUT2D eigenvalue weighted by atomic mass is 16.3. The Kier molecular flexibility index (Phi) is 4.11. The number of aliphatic hydroxyl groups is 1. The van der Waals surface area contributed by atoms with Crippen LogP contribution in [0.15, 0.2) is 30.3 Å². The van der Waals surface area contributed by atoms with E-state index in [0.717, 1.165) is 5.56 Å². The zero-order chi connectivity index (χ0) is 10.6. The third-order valence-electron chi connectivity index (χ3n) is 2.58. The molecule has 1 rings (SSSR count). The number of nitrogens with two attached hydrogens (primary N) is 1. The molecule has 0 aliphatic rings. The fraction of sp³-hybridized carbons (Fsp3) is 0.500. The Morgan fingerprint density at radius 1 is 1.21 bits per heavy atom. The van der Waals surface area contributed by atoms with Crippen molar-refractivity contribution in [1.82, 2.24) is 0 Å². The molecule has 1 aromatic carbocycles. The highest BCUT2D eigenvalue weighted by molar-refractivity contribution is 5.21. The predicted molar refractivity (Wildman–Crippen MR) is 59.1 cm³/mol. The van der Waals surface area contributed by atoms with Gasteiger partial charge in [-0.25, -0.2) is 0 Å². The molecule has 0 heterocycles. The minimum Gasteiger partial charge on any atom is -0.392 e. The van der Waals surface area contributed by atoms with Crippen molar-refractivity contribution in [3.8, 4) is 0 Å². The summed E-state index contributed by atoms with van der Waals surface area (Å²) in [6, 6.07) is 9.96. The van der Waals surface area contributed by atoms with Crippen molar-refractivity contribution in [2.45, 2.75) is 25.9 Å². The Balaban J connectivity index is 2.82. The maximum atomic E-state index is 9.96. The lowest BCUT2D eigenvalue weighted by Gasteiger charge is -2.24. The van der Waals surface area contributed by atoms with E-state index in [1.165, 1.54) is 0 Å². The average molecular weight is 193 g/mol. The molecular weight excluding hydrogens is 174 g/mol. The molecule has 2 nitrogen and oxygen atoms in total. The first-order valence-electron chi connectivity index (χ1n) is 5.10. The van der Waals surface area contributed by atoms with Crippen molar-refractivity contribution >= 4 is 0 Å². The molecular formula is C12H19NO. The van der Waals surface area contributed by atoms with E-state index < -0.39 is 0 Å². The van der Waals surface area contributed by atoms with Crippen LogP contribution in [-0.2, 0) is 0 Å². The molecule has 0 aliphatic carbocycles. The van der Waals surface area contributed by atoms with Gasteiger partial charge in [-0.15, -0.1) is 0 Å². The highest BCUT2D eigenvalue weighted by Crippen LogP contribution is 2.22. The standard InChI is InChI=1S/C12H19NO/c1-9(2)12(14)11(8-13)10-6-4-3-5-7-10/h3-7,9,11-12,14H,8,13H2,1-2H3. The molecule has 0 saturated carbocycles. The molecule has 0 bridgehead atoms. The van der Waals surface area contributed by atoms with E-state index in [0.29, 0.717) is 6.54 Å². The van der Waals surface area contributed by atoms with Gasteiger partial charge in [-0.3, -0.25) is 0 Å². The normalized spacial score (nSPS) is 15.5. The lowest BCUT2D eigenvalue weighted by atomic mass is 9.87. The van der Waals surface area contributed by atoms with Crippen LogP contribution in [0.4, 0.5) is 0 Å². The molecule has 2 unspecified atom stereocenters. The second-order valence-corrected chi connectivity index (χ2v) is 3.99. The summed E-state index contributed by atoms with van der Waals surface area (Å²) in [7, 11) is 0. The molecule has 0 radical (unpaired) electrons. The van der Waals surface area contributed by atoms with Crippen molar-refractivity contribution in [3.63, 3.8) is 0 Å². The number of aliphatic hydroxyl groups excluding tert-OH is 1. The maximum Gasteiger partial charge on any atom is 0.0643 e. The van der Waals surface area contributed by atoms with Crippen LogP contribution in [0.5, 0.6) is 0 Å². The van der Waals surface area contributed by atoms with Gasteiger partial charge in [-0.05, 0) is 11.5 Å². The number of hydrogen-bond donors (Lipinski definition) is 2. The largest absolute Gasteiger partial charge is 0.392 e. The number of hydrogen-bond acceptors (Lipinski definition) is 2. The van der Waals surface area contributed by atoms with E-state index >= 15 is 0 Å². The van der Waals surface area contributed by atoms with Crippen LogP contribution in [0.25, 0.3) is 0 Å². The van der Waals surface area contributed by atoms with Crippen LogP contribution in [0.2, 0.25) is 0 Å².